The average Bonchev–Trinajstić information content (AvgIpc) is 2.95. The third-order valence-electron chi connectivity index (χ3n) is 3.15. The monoisotopic (exact) mass is 300 g/mol. The van der Waals surface area contributed by atoms with Gasteiger partial charge in [-0.25, -0.2) is 9.07 Å². The van der Waals surface area contributed by atoms with Crippen LogP contribution in [-0.2, 0) is 11.2 Å². The zero-order valence-electron chi connectivity index (χ0n) is 12.3. The first-order valence-corrected chi connectivity index (χ1v) is 7.12. The maximum Gasteiger partial charge on any atom is 0.227 e. The molecule has 0 radical (unpaired) electrons. The van der Waals surface area contributed by atoms with Crippen LogP contribution in [-0.4, -0.2) is 21.7 Å². The van der Waals surface area contributed by atoms with Gasteiger partial charge < -0.3 is 5.32 Å². The lowest BCUT2D eigenvalue weighted by Crippen LogP contribution is -2.34. The van der Waals surface area contributed by atoms with E-state index in [1.165, 1.54) is 12.1 Å². The summed E-state index contributed by atoms with van der Waals surface area (Å²) in [6, 6.07) is 9.25. The second-order valence-electron chi connectivity index (χ2n) is 4.94. The second-order valence-corrected chi connectivity index (χ2v) is 4.94. The van der Waals surface area contributed by atoms with Gasteiger partial charge in [0, 0.05) is 6.20 Å². The number of carbonyl (C=O) groups is 1. The molecule has 1 heterocycles. The molecule has 6 heteroatoms. The van der Waals surface area contributed by atoms with E-state index in [0.29, 0.717) is 17.8 Å². The van der Waals surface area contributed by atoms with Gasteiger partial charge in [0.25, 0.3) is 0 Å². The lowest BCUT2D eigenvalue weighted by atomic mass is 10.2. The summed E-state index contributed by atoms with van der Waals surface area (Å²) in [5.41, 5.74) is 1.31. The first-order valence-electron chi connectivity index (χ1n) is 7.12. The lowest BCUT2D eigenvalue weighted by molar-refractivity contribution is -0.120. The Morgan fingerprint density at radius 3 is 2.77 bits per heavy atom. The molecule has 0 unspecified atom stereocenters. The van der Waals surface area contributed by atoms with E-state index in [1.54, 1.807) is 29.1 Å². The van der Waals surface area contributed by atoms with Crippen LogP contribution in [0.2, 0.25) is 0 Å². The van der Waals surface area contributed by atoms with Crippen LogP contribution >= 0.6 is 0 Å². The Hall–Kier alpha value is -2.68. The number of rotatable bonds is 6. The van der Waals surface area contributed by atoms with Crippen LogP contribution in [0.25, 0.3) is 5.69 Å². The molecule has 2 aromatic rings. The molecule has 0 saturated heterocycles. The molecule has 0 saturated carbocycles. The first kappa shape index (κ1) is 15.7. The van der Waals surface area contributed by atoms with Gasteiger partial charge in [-0.2, -0.15) is 10.4 Å². The second kappa shape index (κ2) is 7.36. The predicted octanol–water partition coefficient (Wildman–Crippen LogP) is 2.36. The molecule has 5 nitrogen and oxygen atoms in total. The van der Waals surface area contributed by atoms with Crippen molar-refractivity contribution in [1.29, 1.82) is 5.26 Å². The third kappa shape index (κ3) is 4.16. The largest absolute Gasteiger partial charge is 0.340 e. The van der Waals surface area contributed by atoms with Crippen molar-refractivity contribution in [1.82, 2.24) is 15.1 Å². The van der Waals surface area contributed by atoms with E-state index in [4.69, 9.17) is 5.26 Å². The molecule has 1 aromatic carbocycles. The molecular formula is C16H17FN4O. The number of nitriles is 1. The molecule has 0 aliphatic carbocycles. The topological polar surface area (TPSA) is 70.7 Å². The van der Waals surface area contributed by atoms with Gasteiger partial charge in [-0.3, -0.25) is 4.79 Å². The normalized spacial score (nSPS) is 11.7. The highest BCUT2D eigenvalue weighted by Crippen LogP contribution is 2.09. The minimum Gasteiger partial charge on any atom is -0.340 e. The Balaban J connectivity index is 1.98. The standard InChI is InChI=1S/C16H17FN4O/c1-2-3-14(11-18)19-16(22)10-13-8-9-21(20-13)15-6-4-12(17)5-7-15/h4-9,14H,2-3,10H2,1H3,(H,19,22)/t14-/m1/s1. The summed E-state index contributed by atoms with van der Waals surface area (Å²) in [6.45, 7) is 1.96. The van der Waals surface area contributed by atoms with Gasteiger partial charge in [-0.05, 0) is 36.8 Å². The fraction of sp³-hybridized carbons (Fsp3) is 0.312. The van der Waals surface area contributed by atoms with Gasteiger partial charge in [0.1, 0.15) is 11.9 Å². The summed E-state index contributed by atoms with van der Waals surface area (Å²) < 4.78 is 14.5. The van der Waals surface area contributed by atoms with E-state index >= 15 is 0 Å². The van der Waals surface area contributed by atoms with Gasteiger partial charge in [0.05, 0.1) is 23.9 Å². The van der Waals surface area contributed by atoms with E-state index in [1.807, 2.05) is 6.92 Å². The van der Waals surface area contributed by atoms with Crippen molar-refractivity contribution in [3.63, 3.8) is 0 Å². The third-order valence-corrected chi connectivity index (χ3v) is 3.15. The Morgan fingerprint density at radius 1 is 1.41 bits per heavy atom. The number of hydrogen-bond acceptors (Lipinski definition) is 3. The highest BCUT2D eigenvalue weighted by atomic mass is 19.1. The zero-order valence-corrected chi connectivity index (χ0v) is 12.3. The highest BCUT2D eigenvalue weighted by Gasteiger charge is 2.12. The molecule has 1 aromatic heterocycles. The molecular weight excluding hydrogens is 283 g/mol. The predicted molar refractivity (Wildman–Crippen MR) is 79.7 cm³/mol. The molecule has 0 bridgehead atoms. The van der Waals surface area contributed by atoms with Crippen LogP contribution in [0.4, 0.5) is 4.39 Å². The fourth-order valence-corrected chi connectivity index (χ4v) is 2.06. The first-order chi connectivity index (χ1) is 10.6. The van der Waals surface area contributed by atoms with E-state index in [9.17, 15) is 9.18 Å². The minimum atomic E-state index is -0.461. The Morgan fingerprint density at radius 2 is 2.14 bits per heavy atom. The van der Waals surface area contributed by atoms with Crippen molar-refractivity contribution < 1.29 is 9.18 Å². The van der Waals surface area contributed by atoms with Gasteiger partial charge in [0.15, 0.2) is 0 Å². The van der Waals surface area contributed by atoms with Gasteiger partial charge >= 0.3 is 0 Å². The molecule has 1 N–H and O–H groups in total. The quantitative estimate of drug-likeness (QED) is 0.890. The lowest BCUT2D eigenvalue weighted by Gasteiger charge is -2.09. The highest BCUT2D eigenvalue weighted by molar-refractivity contribution is 5.78. The van der Waals surface area contributed by atoms with Gasteiger partial charge in [-0.15, -0.1) is 0 Å². The Bertz CT molecular complexity index is 672. The molecule has 114 valence electrons. The Kier molecular flexibility index (Phi) is 5.26. The van der Waals surface area contributed by atoms with Crippen LogP contribution in [0.15, 0.2) is 36.5 Å². The van der Waals surface area contributed by atoms with Crippen LogP contribution in [0.5, 0.6) is 0 Å². The minimum absolute atomic E-state index is 0.107. The van der Waals surface area contributed by atoms with E-state index in [-0.39, 0.29) is 18.1 Å². The number of nitrogens with one attached hydrogen (secondary N) is 1. The maximum absolute atomic E-state index is 12.9. The molecule has 0 fully saturated rings. The number of carbonyl (C=O) groups excluding carboxylic acids is 1. The summed E-state index contributed by atoms with van der Waals surface area (Å²) in [5, 5.41) is 15.9. The molecule has 1 atom stereocenters. The molecule has 0 spiro atoms. The van der Waals surface area contributed by atoms with Crippen molar-refractivity contribution in [3.8, 4) is 11.8 Å². The molecule has 0 aliphatic heterocycles. The van der Waals surface area contributed by atoms with Crippen molar-refractivity contribution in [2.24, 2.45) is 0 Å². The number of benzene rings is 1. The van der Waals surface area contributed by atoms with Gasteiger partial charge in [0.2, 0.25) is 5.91 Å². The summed E-state index contributed by atoms with van der Waals surface area (Å²) in [5.74, 6) is -0.543. The summed E-state index contributed by atoms with van der Waals surface area (Å²) >= 11 is 0. The average molecular weight is 300 g/mol. The van der Waals surface area contributed by atoms with Crippen molar-refractivity contribution >= 4 is 5.91 Å². The van der Waals surface area contributed by atoms with Crippen LogP contribution in [0, 0.1) is 17.1 Å². The van der Waals surface area contributed by atoms with Crippen LogP contribution < -0.4 is 5.32 Å². The summed E-state index contributed by atoms with van der Waals surface area (Å²) in [7, 11) is 0. The van der Waals surface area contributed by atoms with Crippen molar-refractivity contribution in [2.75, 3.05) is 0 Å². The molecule has 2 rings (SSSR count). The number of hydrogen-bond donors (Lipinski definition) is 1. The number of amides is 1. The molecule has 1 amide bonds. The Labute approximate surface area is 128 Å². The summed E-state index contributed by atoms with van der Waals surface area (Å²) in [6.07, 6.45) is 3.28. The van der Waals surface area contributed by atoms with Crippen LogP contribution in [0.3, 0.4) is 0 Å². The van der Waals surface area contributed by atoms with Crippen LogP contribution in [0.1, 0.15) is 25.5 Å². The SMILES string of the molecule is CCC[C@H](C#N)NC(=O)Cc1ccn(-c2ccc(F)cc2)n1. The van der Waals surface area contributed by atoms with Crippen molar-refractivity contribution in [3.05, 3.63) is 48.0 Å². The summed E-state index contributed by atoms with van der Waals surface area (Å²) in [4.78, 5) is 11.9. The number of halogens is 1. The maximum atomic E-state index is 12.9. The number of aromatic nitrogens is 2. The zero-order chi connectivity index (χ0) is 15.9. The van der Waals surface area contributed by atoms with E-state index < -0.39 is 6.04 Å². The fourth-order valence-electron chi connectivity index (χ4n) is 2.06. The molecule has 0 aliphatic rings. The number of nitrogens with zero attached hydrogens (tertiary/aromatic N) is 3. The molecule has 22 heavy (non-hydrogen) atoms. The van der Waals surface area contributed by atoms with E-state index in [0.717, 1.165) is 6.42 Å². The van der Waals surface area contributed by atoms with Gasteiger partial charge in [-0.1, -0.05) is 13.3 Å². The smallest absolute Gasteiger partial charge is 0.227 e. The van der Waals surface area contributed by atoms with Crippen molar-refractivity contribution in [2.45, 2.75) is 32.2 Å². The van der Waals surface area contributed by atoms with E-state index in [2.05, 4.69) is 16.5 Å².